The Morgan fingerprint density at radius 3 is 2.50 bits per heavy atom. The van der Waals surface area contributed by atoms with Crippen LogP contribution in [0.5, 0.6) is 11.5 Å². The minimum Gasteiger partial charge on any atom is -0.508 e. The predicted molar refractivity (Wildman–Crippen MR) is 82.6 cm³/mol. The Morgan fingerprint density at radius 2 is 1.85 bits per heavy atom. The second-order valence-electron chi connectivity index (χ2n) is 5.11. The average molecular weight is 271 g/mol. The van der Waals surface area contributed by atoms with Crippen LogP contribution in [-0.2, 0) is 0 Å². The normalized spacial score (nSPS) is 12.0. The summed E-state index contributed by atoms with van der Waals surface area (Å²) >= 11 is 0. The van der Waals surface area contributed by atoms with E-state index in [1.54, 1.807) is 19.2 Å². The second-order valence-corrected chi connectivity index (χ2v) is 5.11. The van der Waals surface area contributed by atoms with E-state index in [9.17, 15) is 5.11 Å². The maximum Gasteiger partial charge on any atom is 0.121 e. The fraction of sp³-hybridized carbons (Fsp3) is 0.294. The molecule has 3 nitrogen and oxygen atoms in total. The smallest absolute Gasteiger partial charge is 0.121 e. The van der Waals surface area contributed by atoms with Crippen molar-refractivity contribution in [3.63, 3.8) is 0 Å². The number of ether oxygens (including phenoxy) is 1. The molecule has 0 saturated carbocycles. The lowest BCUT2D eigenvalue weighted by Crippen LogP contribution is -2.08. The van der Waals surface area contributed by atoms with Gasteiger partial charge < -0.3 is 15.2 Å². The summed E-state index contributed by atoms with van der Waals surface area (Å²) in [6.07, 6.45) is 0. The van der Waals surface area contributed by atoms with Gasteiger partial charge in [-0.15, -0.1) is 0 Å². The van der Waals surface area contributed by atoms with Crippen molar-refractivity contribution in [2.24, 2.45) is 0 Å². The number of phenolic OH excluding ortho intramolecular Hbond substituents is 1. The molecule has 1 unspecified atom stereocenters. The highest BCUT2D eigenvalue weighted by Crippen LogP contribution is 2.31. The molecule has 0 fully saturated rings. The number of anilines is 1. The third-order valence-electron chi connectivity index (χ3n) is 3.46. The standard InChI is InChI=1S/C17H21NO2/c1-11-5-7-16(12(2)9-11)18-13(3)15-10-14(20-4)6-8-17(15)19/h5-10,13,18-19H,1-4H3. The van der Waals surface area contributed by atoms with Crippen molar-refractivity contribution in [3.05, 3.63) is 53.1 Å². The third-order valence-corrected chi connectivity index (χ3v) is 3.46. The first-order valence-electron chi connectivity index (χ1n) is 6.72. The van der Waals surface area contributed by atoms with Gasteiger partial charge in [0.15, 0.2) is 0 Å². The summed E-state index contributed by atoms with van der Waals surface area (Å²) in [4.78, 5) is 0. The highest BCUT2D eigenvalue weighted by atomic mass is 16.5. The monoisotopic (exact) mass is 271 g/mol. The Hall–Kier alpha value is -2.16. The first-order valence-corrected chi connectivity index (χ1v) is 6.72. The molecule has 2 aromatic rings. The minimum atomic E-state index is -0.00786. The van der Waals surface area contributed by atoms with E-state index in [-0.39, 0.29) is 11.8 Å². The molecule has 2 N–H and O–H groups in total. The Labute approximate surface area is 120 Å². The zero-order chi connectivity index (χ0) is 14.7. The molecule has 0 aliphatic rings. The van der Waals surface area contributed by atoms with Gasteiger partial charge in [0.2, 0.25) is 0 Å². The van der Waals surface area contributed by atoms with Crippen LogP contribution in [0.25, 0.3) is 0 Å². The van der Waals surface area contributed by atoms with E-state index >= 15 is 0 Å². The SMILES string of the molecule is COc1ccc(O)c(C(C)Nc2ccc(C)cc2C)c1. The largest absolute Gasteiger partial charge is 0.508 e. The fourth-order valence-electron chi connectivity index (χ4n) is 2.29. The number of hydrogen-bond acceptors (Lipinski definition) is 3. The molecular weight excluding hydrogens is 250 g/mol. The molecule has 0 aliphatic heterocycles. The molecule has 0 aliphatic carbocycles. The predicted octanol–water partition coefficient (Wildman–Crippen LogP) is 4.19. The molecule has 2 rings (SSSR count). The Balaban J connectivity index is 2.25. The van der Waals surface area contributed by atoms with Crippen LogP contribution < -0.4 is 10.1 Å². The van der Waals surface area contributed by atoms with Gasteiger partial charge in [-0.25, -0.2) is 0 Å². The van der Waals surface area contributed by atoms with Crippen molar-refractivity contribution >= 4 is 5.69 Å². The van der Waals surface area contributed by atoms with Gasteiger partial charge in [0.05, 0.1) is 13.2 Å². The molecule has 0 heterocycles. The molecule has 0 saturated heterocycles. The topological polar surface area (TPSA) is 41.5 Å². The van der Waals surface area contributed by atoms with E-state index in [1.165, 1.54) is 11.1 Å². The van der Waals surface area contributed by atoms with Crippen LogP contribution in [0.15, 0.2) is 36.4 Å². The van der Waals surface area contributed by atoms with Crippen LogP contribution in [0.1, 0.15) is 29.7 Å². The summed E-state index contributed by atoms with van der Waals surface area (Å²) in [5.41, 5.74) is 4.33. The van der Waals surface area contributed by atoms with Crippen LogP contribution >= 0.6 is 0 Å². The van der Waals surface area contributed by atoms with E-state index in [1.807, 2.05) is 13.0 Å². The van der Waals surface area contributed by atoms with Gasteiger partial charge in [-0.05, 0) is 50.6 Å². The Morgan fingerprint density at radius 1 is 1.10 bits per heavy atom. The molecule has 3 heteroatoms. The Bertz CT molecular complexity index is 608. The number of aromatic hydroxyl groups is 1. The maximum atomic E-state index is 10.00. The molecule has 0 bridgehead atoms. The van der Waals surface area contributed by atoms with Crippen LogP contribution in [0.3, 0.4) is 0 Å². The van der Waals surface area contributed by atoms with E-state index in [4.69, 9.17) is 4.74 Å². The van der Waals surface area contributed by atoms with E-state index in [0.29, 0.717) is 0 Å². The van der Waals surface area contributed by atoms with E-state index < -0.39 is 0 Å². The van der Waals surface area contributed by atoms with Crippen molar-refractivity contribution in [1.82, 2.24) is 0 Å². The first kappa shape index (κ1) is 14.3. The number of phenols is 1. The average Bonchev–Trinajstić information content (AvgIpc) is 2.42. The lowest BCUT2D eigenvalue weighted by molar-refractivity contribution is 0.410. The summed E-state index contributed by atoms with van der Waals surface area (Å²) in [7, 11) is 1.62. The minimum absolute atomic E-state index is 0.00786. The van der Waals surface area contributed by atoms with Crippen LogP contribution in [0.2, 0.25) is 0 Å². The zero-order valence-corrected chi connectivity index (χ0v) is 12.4. The van der Waals surface area contributed by atoms with E-state index in [0.717, 1.165) is 17.0 Å². The number of aryl methyl sites for hydroxylation is 2. The second kappa shape index (κ2) is 5.87. The molecule has 0 amide bonds. The zero-order valence-electron chi connectivity index (χ0n) is 12.4. The number of rotatable bonds is 4. The lowest BCUT2D eigenvalue weighted by atomic mass is 10.0. The first-order chi connectivity index (χ1) is 9.51. The van der Waals surface area contributed by atoms with Gasteiger partial charge in [0.25, 0.3) is 0 Å². The number of methoxy groups -OCH3 is 1. The maximum absolute atomic E-state index is 10.00. The molecule has 0 spiro atoms. The van der Waals surface area contributed by atoms with Gasteiger partial charge in [-0.2, -0.15) is 0 Å². The van der Waals surface area contributed by atoms with Gasteiger partial charge in [-0.1, -0.05) is 17.7 Å². The molecule has 106 valence electrons. The molecule has 2 aromatic carbocycles. The van der Waals surface area contributed by atoms with Gasteiger partial charge >= 0.3 is 0 Å². The Kier molecular flexibility index (Phi) is 4.18. The van der Waals surface area contributed by atoms with Gasteiger partial charge in [-0.3, -0.25) is 0 Å². The van der Waals surface area contributed by atoms with Crippen molar-refractivity contribution in [2.45, 2.75) is 26.8 Å². The molecule has 0 radical (unpaired) electrons. The molecule has 20 heavy (non-hydrogen) atoms. The molecule has 1 atom stereocenters. The van der Waals surface area contributed by atoms with Gasteiger partial charge in [0.1, 0.15) is 11.5 Å². The highest BCUT2D eigenvalue weighted by Gasteiger charge is 2.12. The quantitative estimate of drug-likeness (QED) is 0.876. The summed E-state index contributed by atoms with van der Waals surface area (Å²) < 4.78 is 5.21. The lowest BCUT2D eigenvalue weighted by Gasteiger charge is -2.19. The molecule has 0 aromatic heterocycles. The van der Waals surface area contributed by atoms with Crippen LogP contribution in [0, 0.1) is 13.8 Å². The number of benzene rings is 2. The van der Waals surface area contributed by atoms with Crippen molar-refractivity contribution in [2.75, 3.05) is 12.4 Å². The number of hydrogen-bond donors (Lipinski definition) is 2. The molecular formula is C17H21NO2. The van der Waals surface area contributed by atoms with Crippen LogP contribution in [-0.4, -0.2) is 12.2 Å². The number of nitrogens with one attached hydrogen (secondary N) is 1. The summed E-state index contributed by atoms with van der Waals surface area (Å²) in [5, 5.41) is 13.4. The van der Waals surface area contributed by atoms with Crippen molar-refractivity contribution < 1.29 is 9.84 Å². The summed E-state index contributed by atoms with van der Waals surface area (Å²) in [6, 6.07) is 11.5. The van der Waals surface area contributed by atoms with Crippen molar-refractivity contribution in [3.8, 4) is 11.5 Å². The van der Waals surface area contributed by atoms with E-state index in [2.05, 4.69) is 37.4 Å². The fourth-order valence-corrected chi connectivity index (χ4v) is 2.29. The van der Waals surface area contributed by atoms with Crippen molar-refractivity contribution in [1.29, 1.82) is 0 Å². The van der Waals surface area contributed by atoms with Crippen LogP contribution in [0.4, 0.5) is 5.69 Å². The van der Waals surface area contributed by atoms with Gasteiger partial charge in [0, 0.05) is 11.3 Å². The summed E-state index contributed by atoms with van der Waals surface area (Å²) in [6.45, 7) is 6.18. The summed E-state index contributed by atoms with van der Waals surface area (Å²) in [5.74, 6) is 1.02. The third kappa shape index (κ3) is 3.05. The highest BCUT2D eigenvalue weighted by molar-refractivity contribution is 5.54.